The van der Waals surface area contributed by atoms with Crippen LogP contribution < -0.4 is 14.8 Å². The third kappa shape index (κ3) is 6.50. The number of methoxy groups -OCH3 is 1. The van der Waals surface area contributed by atoms with E-state index < -0.39 is 35.0 Å². The van der Waals surface area contributed by atoms with E-state index in [1.807, 2.05) is 13.8 Å². The summed E-state index contributed by atoms with van der Waals surface area (Å²) < 4.78 is 50.9. The van der Waals surface area contributed by atoms with Crippen LogP contribution in [0.3, 0.4) is 0 Å². The summed E-state index contributed by atoms with van der Waals surface area (Å²) in [4.78, 5) is 26.1. The van der Waals surface area contributed by atoms with Gasteiger partial charge in [0.1, 0.15) is 6.54 Å². The van der Waals surface area contributed by atoms with Crippen LogP contribution in [0.15, 0.2) is 36.4 Å². The Morgan fingerprint density at radius 1 is 1.06 bits per heavy atom. The molecule has 0 aromatic heterocycles. The first-order chi connectivity index (χ1) is 15.3. The Kier molecular flexibility index (Phi) is 9.12. The number of anilines is 1. The average Bonchev–Trinajstić information content (AvgIpc) is 2.78. The van der Waals surface area contributed by atoms with Gasteiger partial charge in [0.25, 0.3) is 0 Å². The number of carbonyl (C=O) groups is 2. The molecule has 6 nitrogen and oxygen atoms in total. The number of rotatable bonds is 10. The Morgan fingerprint density at radius 2 is 1.81 bits per heavy atom. The Hall–Kier alpha value is -3.49. The van der Waals surface area contributed by atoms with Gasteiger partial charge in [-0.1, -0.05) is 13.0 Å². The van der Waals surface area contributed by atoms with Gasteiger partial charge in [0.05, 0.1) is 19.4 Å². The van der Waals surface area contributed by atoms with Crippen molar-refractivity contribution in [3.8, 4) is 11.5 Å². The Bertz CT molecular complexity index is 995. The molecular weight excluding hydrogens is 425 g/mol. The third-order valence-electron chi connectivity index (χ3n) is 4.35. The minimum Gasteiger partial charge on any atom is -0.493 e. The van der Waals surface area contributed by atoms with Crippen LogP contribution in [0.25, 0.3) is 6.08 Å². The summed E-state index contributed by atoms with van der Waals surface area (Å²) in [5.74, 6) is -4.64. The molecule has 9 heteroatoms. The molecule has 0 radical (unpaired) electrons. The molecule has 0 aliphatic carbocycles. The third-order valence-corrected chi connectivity index (χ3v) is 4.35. The van der Waals surface area contributed by atoms with Gasteiger partial charge < -0.3 is 19.7 Å². The van der Waals surface area contributed by atoms with Crippen molar-refractivity contribution in [1.82, 2.24) is 4.90 Å². The van der Waals surface area contributed by atoms with E-state index in [0.29, 0.717) is 36.2 Å². The SMILES string of the molecule is CCCN(CC(=O)Nc1ccc(F)c(F)c1F)C(=O)/C=C/c1ccc(OC)c(OCC)c1. The highest BCUT2D eigenvalue weighted by Crippen LogP contribution is 2.28. The van der Waals surface area contributed by atoms with Gasteiger partial charge in [0, 0.05) is 12.6 Å². The first-order valence-corrected chi connectivity index (χ1v) is 10.0. The van der Waals surface area contributed by atoms with E-state index in [9.17, 15) is 22.8 Å². The van der Waals surface area contributed by atoms with Crippen molar-refractivity contribution >= 4 is 23.6 Å². The number of nitrogens with zero attached hydrogens (tertiary/aromatic N) is 1. The average molecular weight is 450 g/mol. The van der Waals surface area contributed by atoms with E-state index in [1.165, 1.54) is 18.1 Å². The van der Waals surface area contributed by atoms with Crippen LogP contribution in [0, 0.1) is 17.5 Å². The van der Waals surface area contributed by atoms with Gasteiger partial charge in [-0.15, -0.1) is 0 Å². The van der Waals surface area contributed by atoms with Crippen molar-refractivity contribution in [2.45, 2.75) is 20.3 Å². The maximum absolute atomic E-state index is 13.8. The number of ether oxygens (including phenoxy) is 2. The number of carbonyl (C=O) groups excluding carboxylic acids is 2. The van der Waals surface area contributed by atoms with Crippen molar-refractivity contribution in [1.29, 1.82) is 0 Å². The number of hydrogen-bond donors (Lipinski definition) is 1. The lowest BCUT2D eigenvalue weighted by Crippen LogP contribution is -2.37. The lowest BCUT2D eigenvalue weighted by Gasteiger charge is -2.20. The van der Waals surface area contributed by atoms with Crippen molar-refractivity contribution in [3.05, 3.63) is 59.4 Å². The van der Waals surface area contributed by atoms with Crippen LogP contribution >= 0.6 is 0 Å². The number of amides is 2. The molecule has 1 N–H and O–H groups in total. The Balaban J connectivity index is 2.09. The molecule has 2 aromatic carbocycles. The van der Waals surface area contributed by atoms with Crippen molar-refractivity contribution in [2.24, 2.45) is 0 Å². The second-order valence-electron chi connectivity index (χ2n) is 6.71. The summed E-state index contributed by atoms with van der Waals surface area (Å²) in [6.07, 6.45) is 3.45. The standard InChI is InChI=1S/C23H25F3N2O4/c1-4-12-28(14-20(29)27-17-9-8-16(24)22(25)23(17)26)21(30)11-7-15-6-10-18(31-3)19(13-15)32-5-2/h6-11,13H,4-5,12,14H2,1-3H3,(H,27,29)/b11-7+. The molecule has 0 heterocycles. The highest BCUT2D eigenvalue weighted by atomic mass is 19.2. The Labute approximate surface area is 184 Å². The number of nitrogens with one attached hydrogen (secondary N) is 1. The normalized spacial score (nSPS) is 10.8. The zero-order valence-corrected chi connectivity index (χ0v) is 18.1. The first kappa shape index (κ1) is 24.8. The fourth-order valence-electron chi connectivity index (χ4n) is 2.86. The molecular formula is C23H25F3N2O4. The number of benzene rings is 2. The van der Waals surface area contributed by atoms with Crippen LogP contribution in [0.5, 0.6) is 11.5 Å². The van der Waals surface area contributed by atoms with E-state index in [0.717, 1.165) is 6.07 Å². The van der Waals surface area contributed by atoms with Crippen LogP contribution in [-0.4, -0.2) is 43.5 Å². The summed E-state index contributed by atoms with van der Waals surface area (Å²) in [6, 6.07) is 6.79. The number of halogens is 3. The molecule has 0 atom stereocenters. The Morgan fingerprint density at radius 3 is 2.47 bits per heavy atom. The van der Waals surface area contributed by atoms with Gasteiger partial charge in [-0.3, -0.25) is 9.59 Å². The summed E-state index contributed by atoms with van der Waals surface area (Å²) in [7, 11) is 1.52. The van der Waals surface area contributed by atoms with Crippen LogP contribution in [0.2, 0.25) is 0 Å². The first-order valence-electron chi connectivity index (χ1n) is 10.0. The van der Waals surface area contributed by atoms with Crippen LogP contribution in [0.1, 0.15) is 25.8 Å². The predicted octanol–water partition coefficient (Wildman–Crippen LogP) is 4.40. The minimum absolute atomic E-state index is 0.268. The van der Waals surface area contributed by atoms with Crippen LogP contribution in [-0.2, 0) is 9.59 Å². The molecule has 32 heavy (non-hydrogen) atoms. The van der Waals surface area contributed by atoms with E-state index in [2.05, 4.69) is 5.32 Å². The van der Waals surface area contributed by atoms with Gasteiger partial charge in [0.15, 0.2) is 29.0 Å². The van der Waals surface area contributed by atoms with Crippen molar-refractivity contribution < 1.29 is 32.2 Å². The van der Waals surface area contributed by atoms with Gasteiger partial charge in [-0.2, -0.15) is 0 Å². The molecule has 0 bridgehead atoms. The van der Waals surface area contributed by atoms with E-state index >= 15 is 0 Å². The largest absolute Gasteiger partial charge is 0.493 e. The molecule has 2 aromatic rings. The lowest BCUT2D eigenvalue weighted by atomic mass is 10.2. The molecule has 0 aliphatic heterocycles. The molecule has 0 saturated heterocycles. The molecule has 2 rings (SSSR count). The molecule has 2 amide bonds. The van der Waals surface area contributed by atoms with Crippen molar-refractivity contribution in [2.75, 3.05) is 32.1 Å². The molecule has 0 unspecified atom stereocenters. The molecule has 0 spiro atoms. The summed E-state index contributed by atoms with van der Waals surface area (Å²) >= 11 is 0. The van der Waals surface area contributed by atoms with E-state index in [1.54, 1.807) is 24.3 Å². The van der Waals surface area contributed by atoms with Gasteiger partial charge in [-0.05, 0) is 49.2 Å². The van der Waals surface area contributed by atoms with Gasteiger partial charge in [-0.25, -0.2) is 13.2 Å². The topological polar surface area (TPSA) is 67.9 Å². The number of hydrogen-bond acceptors (Lipinski definition) is 4. The zero-order chi connectivity index (χ0) is 23.7. The van der Waals surface area contributed by atoms with E-state index in [4.69, 9.17) is 9.47 Å². The molecule has 0 saturated carbocycles. The summed E-state index contributed by atoms with van der Waals surface area (Å²) in [6.45, 7) is 3.99. The van der Waals surface area contributed by atoms with Gasteiger partial charge >= 0.3 is 0 Å². The highest BCUT2D eigenvalue weighted by Gasteiger charge is 2.18. The van der Waals surface area contributed by atoms with E-state index in [-0.39, 0.29) is 13.1 Å². The predicted molar refractivity (Wildman–Crippen MR) is 115 cm³/mol. The zero-order valence-electron chi connectivity index (χ0n) is 18.1. The fourth-order valence-corrected chi connectivity index (χ4v) is 2.86. The summed E-state index contributed by atoms with van der Waals surface area (Å²) in [5, 5.41) is 2.16. The monoisotopic (exact) mass is 450 g/mol. The quantitative estimate of drug-likeness (QED) is 0.430. The fraction of sp³-hybridized carbons (Fsp3) is 0.304. The van der Waals surface area contributed by atoms with Crippen molar-refractivity contribution in [3.63, 3.8) is 0 Å². The second kappa shape index (κ2) is 11.8. The maximum Gasteiger partial charge on any atom is 0.247 e. The smallest absolute Gasteiger partial charge is 0.247 e. The van der Waals surface area contributed by atoms with Crippen LogP contribution in [0.4, 0.5) is 18.9 Å². The molecule has 0 aliphatic rings. The minimum atomic E-state index is -1.68. The second-order valence-corrected chi connectivity index (χ2v) is 6.71. The summed E-state index contributed by atoms with van der Waals surface area (Å²) in [5.41, 5.74) is 0.183. The molecule has 172 valence electrons. The maximum atomic E-state index is 13.8. The molecule has 0 fully saturated rings. The lowest BCUT2D eigenvalue weighted by molar-refractivity contribution is -0.130. The van der Waals surface area contributed by atoms with Gasteiger partial charge in [0.2, 0.25) is 11.8 Å². The highest BCUT2D eigenvalue weighted by molar-refractivity contribution is 5.98.